The zero-order valence-electron chi connectivity index (χ0n) is 9.72. The van der Waals surface area contributed by atoms with Crippen molar-refractivity contribution >= 4 is 11.6 Å². The van der Waals surface area contributed by atoms with Crippen LogP contribution in [0.4, 0.5) is 0 Å². The molecule has 4 heteroatoms. The Balaban J connectivity index is 1.89. The number of benzene rings is 1. The molecule has 1 heterocycles. The molecule has 0 aromatic heterocycles. The monoisotopic (exact) mass is 255 g/mol. The van der Waals surface area contributed by atoms with Gasteiger partial charge in [0.25, 0.3) is 0 Å². The first-order chi connectivity index (χ1) is 8.19. The average molecular weight is 256 g/mol. The van der Waals surface area contributed by atoms with Crippen LogP contribution in [0.15, 0.2) is 24.3 Å². The molecule has 17 heavy (non-hydrogen) atoms. The molecule has 1 fully saturated rings. The Morgan fingerprint density at radius 3 is 2.65 bits per heavy atom. The van der Waals surface area contributed by atoms with Crippen molar-refractivity contribution in [3.63, 3.8) is 0 Å². The number of halogens is 1. The molecule has 1 aromatic rings. The van der Waals surface area contributed by atoms with E-state index in [4.69, 9.17) is 16.7 Å². The zero-order valence-corrected chi connectivity index (χ0v) is 10.5. The Morgan fingerprint density at radius 2 is 2.06 bits per heavy atom. The molecule has 0 bridgehead atoms. The largest absolute Gasteiger partial charge is 0.396 e. The molecule has 1 saturated heterocycles. The van der Waals surface area contributed by atoms with Gasteiger partial charge in [0.15, 0.2) is 0 Å². The van der Waals surface area contributed by atoms with Gasteiger partial charge in [0, 0.05) is 24.7 Å². The van der Waals surface area contributed by atoms with Crippen molar-refractivity contribution in [1.29, 1.82) is 0 Å². The van der Waals surface area contributed by atoms with Gasteiger partial charge in [0.05, 0.1) is 6.10 Å². The van der Waals surface area contributed by atoms with Crippen LogP contribution in [0, 0.1) is 5.92 Å². The fraction of sp³-hybridized carbons (Fsp3) is 0.538. The molecule has 1 aliphatic heterocycles. The van der Waals surface area contributed by atoms with Gasteiger partial charge in [0.1, 0.15) is 0 Å². The van der Waals surface area contributed by atoms with E-state index in [0.29, 0.717) is 17.5 Å². The highest BCUT2D eigenvalue weighted by Gasteiger charge is 2.23. The molecule has 0 spiro atoms. The molecule has 0 radical (unpaired) electrons. The van der Waals surface area contributed by atoms with Crippen molar-refractivity contribution in [1.82, 2.24) is 4.90 Å². The van der Waals surface area contributed by atoms with Crippen LogP contribution >= 0.6 is 11.6 Å². The van der Waals surface area contributed by atoms with Gasteiger partial charge in [-0.15, -0.1) is 0 Å². The van der Waals surface area contributed by atoms with E-state index in [9.17, 15) is 5.11 Å². The average Bonchev–Trinajstić information content (AvgIpc) is 2.77. The summed E-state index contributed by atoms with van der Waals surface area (Å²) in [6.07, 6.45) is 0.536. The van der Waals surface area contributed by atoms with Gasteiger partial charge in [-0.1, -0.05) is 23.7 Å². The topological polar surface area (TPSA) is 43.7 Å². The second-order valence-electron chi connectivity index (χ2n) is 4.66. The molecule has 0 saturated carbocycles. The summed E-state index contributed by atoms with van der Waals surface area (Å²) in [5, 5.41) is 19.8. The Morgan fingerprint density at radius 1 is 1.35 bits per heavy atom. The highest BCUT2D eigenvalue weighted by Crippen LogP contribution is 2.21. The second kappa shape index (κ2) is 5.83. The predicted molar refractivity (Wildman–Crippen MR) is 68.0 cm³/mol. The SMILES string of the molecule is OCC1CCN(CC(O)c2ccc(Cl)cc2)C1. The highest BCUT2D eigenvalue weighted by atomic mass is 35.5. The summed E-state index contributed by atoms with van der Waals surface area (Å²) in [6.45, 7) is 2.70. The molecule has 2 atom stereocenters. The van der Waals surface area contributed by atoms with Gasteiger partial charge in [-0.2, -0.15) is 0 Å². The smallest absolute Gasteiger partial charge is 0.0916 e. The Labute approximate surface area is 107 Å². The number of likely N-dealkylation sites (tertiary alicyclic amines) is 1. The van der Waals surface area contributed by atoms with E-state index in [2.05, 4.69) is 4.90 Å². The molecule has 2 N–H and O–H groups in total. The fourth-order valence-electron chi connectivity index (χ4n) is 2.26. The van der Waals surface area contributed by atoms with Crippen molar-refractivity contribution in [2.24, 2.45) is 5.92 Å². The lowest BCUT2D eigenvalue weighted by Gasteiger charge is -2.20. The third-order valence-electron chi connectivity index (χ3n) is 3.31. The Bertz CT molecular complexity index is 355. The summed E-state index contributed by atoms with van der Waals surface area (Å²) in [6, 6.07) is 7.29. The van der Waals surface area contributed by atoms with Crippen LogP contribution in [-0.4, -0.2) is 41.4 Å². The Hall–Kier alpha value is -0.610. The van der Waals surface area contributed by atoms with Gasteiger partial charge < -0.3 is 15.1 Å². The van der Waals surface area contributed by atoms with E-state index >= 15 is 0 Å². The van der Waals surface area contributed by atoms with Crippen LogP contribution in [0.3, 0.4) is 0 Å². The summed E-state index contributed by atoms with van der Waals surface area (Å²) >= 11 is 5.80. The van der Waals surface area contributed by atoms with Gasteiger partial charge in [-0.05, 0) is 36.6 Å². The minimum absolute atomic E-state index is 0.244. The van der Waals surface area contributed by atoms with E-state index in [1.165, 1.54) is 0 Å². The van der Waals surface area contributed by atoms with Crippen molar-refractivity contribution in [2.45, 2.75) is 12.5 Å². The van der Waals surface area contributed by atoms with E-state index in [0.717, 1.165) is 25.1 Å². The quantitative estimate of drug-likeness (QED) is 0.861. The zero-order chi connectivity index (χ0) is 12.3. The fourth-order valence-corrected chi connectivity index (χ4v) is 2.39. The maximum Gasteiger partial charge on any atom is 0.0916 e. The van der Waals surface area contributed by atoms with E-state index < -0.39 is 6.10 Å². The second-order valence-corrected chi connectivity index (χ2v) is 5.10. The van der Waals surface area contributed by atoms with Crippen LogP contribution < -0.4 is 0 Å². The van der Waals surface area contributed by atoms with E-state index in [1.807, 2.05) is 12.1 Å². The van der Waals surface area contributed by atoms with Crippen molar-refractivity contribution in [3.8, 4) is 0 Å². The number of β-amino-alcohol motifs (C(OH)–C–C–N with tert-alkyl or cyclic N) is 1. The van der Waals surface area contributed by atoms with Crippen LogP contribution in [0.5, 0.6) is 0 Å². The number of aliphatic hydroxyl groups is 2. The van der Waals surface area contributed by atoms with E-state index in [1.54, 1.807) is 12.1 Å². The maximum atomic E-state index is 10.1. The number of hydrogen-bond donors (Lipinski definition) is 2. The molecule has 1 aliphatic rings. The molecule has 94 valence electrons. The standard InChI is InChI=1S/C13H18ClNO2/c14-12-3-1-11(2-4-12)13(17)8-15-6-5-10(7-15)9-16/h1-4,10,13,16-17H,5-9H2. The summed E-state index contributed by atoms with van der Waals surface area (Å²) in [5.41, 5.74) is 0.891. The minimum Gasteiger partial charge on any atom is -0.396 e. The molecule has 2 rings (SSSR count). The van der Waals surface area contributed by atoms with Gasteiger partial charge in [-0.25, -0.2) is 0 Å². The first-order valence-electron chi connectivity index (χ1n) is 5.96. The van der Waals surface area contributed by atoms with Crippen molar-refractivity contribution in [2.75, 3.05) is 26.2 Å². The molecular weight excluding hydrogens is 238 g/mol. The summed E-state index contributed by atoms with van der Waals surface area (Å²) in [7, 11) is 0. The predicted octanol–water partition coefficient (Wildman–Crippen LogP) is 1.69. The first-order valence-corrected chi connectivity index (χ1v) is 6.33. The summed E-state index contributed by atoms with van der Waals surface area (Å²) in [5.74, 6) is 0.368. The van der Waals surface area contributed by atoms with Crippen LogP contribution in [-0.2, 0) is 0 Å². The molecular formula is C13H18ClNO2. The molecule has 0 amide bonds. The third-order valence-corrected chi connectivity index (χ3v) is 3.57. The molecule has 3 nitrogen and oxygen atoms in total. The molecule has 0 aliphatic carbocycles. The van der Waals surface area contributed by atoms with Gasteiger partial charge in [-0.3, -0.25) is 0 Å². The van der Waals surface area contributed by atoms with Gasteiger partial charge in [0.2, 0.25) is 0 Å². The number of hydrogen-bond acceptors (Lipinski definition) is 3. The van der Waals surface area contributed by atoms with Crippen molar-refractivity contribution in [3.05, 3.63) is 34.9 Å². The lowest BCUT2D eigenvalue weighted by atomic mass is 10.1. The molecule has 1 aromatic carbocycles. The van der Waals surface area contributed by atoms with E-state index in [-0.39, 0.29) is 6.61 Å². The summed E-state index contributed by atoms with van der Waals surface area (Å²) in [4.78, 5) is 2.19. The number of nitrogens with zero attached hydrogens (tertiary/aromatic N) is 1. The number of aliphatic hydroxyl groups excluding tert-OH is 2. The van der Waals surface area contributed by atoms with Crippen LogP contribution in [0.25, 0.3) is 0 Å². The Kier molecular flexibility index (Phi) is 4.40. The maximum absolute atomic E-state index is 10.1. The first kappa shape index (κ1) is 12.8. The lowest BCUT2D eigenvalue weighted by molar-refractivity contribution is 0.121. The highest BCUT2D eigenvalue weighted by molar-refractivity contribution is 6.30. The molecule has 2 unspecified atom stereocenters. The minimum atomic E-state index is -0.482. The van der Waals surface area contributed by atoms with Gasteiger partial charge >= 0.3 is 0 Å². The third kappa shape index (κ3) is 3.42. The normalized spacial score (nSPS) is 22.9. The van der Waals surface area contributed by atoms with Crippen molar-refractivity contribution < 1.29 is 10.2 Å². The van der Waals surface area contributed by atoms with Crippen LogP contribution in [0.1, 0.15) is 18.1 Å². The van der Waals surface area contributed by atoms with Crippen LogP contribution in [0.2, 0.25) is 5.02 Å². The number of rotatable bonds is 4. The summed E-state index contributed by atoms with van der Waals surface area (Å²) < 4.78 is 0. The lowest BCUT2D eigenvalue weighted by Crippen LogP contribution is -2.27.